The molecule has 1 aromatic carbocycles. The van der Waals surface area contributed by atoms with Crippen LogP contribution in [-0.2, 0) is 0 Å². The van der Waals surface area contributed by atoms with Gasteiger partial charge in [0.15, 0.2) is 0 Å². The molecular weight excluding hydrogens is 155 g/mol. The van der Waals surface area contributed by atoms with Crippen LogP contribution < -0.4 is 29.6 Å². The predicted octanol–water partition coefficient (Wildman–Crippen LogP) is -1.10. The van der Waals surface area contributed by atoms with Gasteiger partial charge in [0.05, 0.1) is 0 Å². The number of benzene rings is 1. The summed E-state index contributed by atoms with van der Waals surface area (Å²) < 4.78 is 0. The number of carbonyl (C=O) groups is 1. The Morgan fingerprint density at radius 1 is 1.50 bits per heavy atom. The maximum atomic E-state index is 10.1. The molecule has 0 aliphatic carbocycles. The molecule has 0 unspecified atom stereocenters. The fourth-order valence-corrected chi connectivity index (χ4v) is 0.833. The second-order valence-corrected chi connectivity index (χ2v) is 2.23. The van der Waals surface area contributed by atoms with Crippen molar-refractivity contribution in [2.75, 3.05) is 0 Å². The van der Waals surface area contributed by atoms with Crippen molar-refractivity contribution in [3.05, 3.63) is 29.8 Å². The van der Waals surface area contributed by atoms with E-state index in [2.05, 4.69) is 12.6 Å². The van der Waals surface area contributed by atoms with E-state index in [4.69, 9.17) is 0 Å². The van der Waals surface area contributed by atoms with Gasteiger partial charge in [0.25, 0.3) is 0 Å². The van der Waals surface area contributed by atoms with Gasteiger partial charge in [-0.15, -0.1) is 12.6 Å². The van der Waals surface area contributed by atoms with Gasteiger partial charge in [0.1, 0.15) is 6.29 Å². The van der Waals surface area contributed by atoms with Crippen molar-refractivity contribution >= 4 is 18.9 Å². The first-order valence-electron chi connectivity index (χ1n) is 2.57. The van der Waals surface area contributed by atoms with Crippen LogP contribution in [0.25, 0.3) is 0 Å². The molecule has 3 heteroatoms. The van der Waals surface area contributed by atoms with Crippen molar-refractivity contribution in [1.29, 1.82) is 0 Å². The zero-order valence-corrected chi connectivity index (χ0v) is 8.64. The fraction of sp³-hybridized carbons (Fsp3) is 0. The molecule has 0 radical (unpaired) electrons. The van der Waals surface area contributed by atoms with E-state index in [1.165, 1.54) is 0 Å². The van der Waals surface area contributed by atoms with Crippen LogP contribution in [0, 0.1) is 0 Å². The van der Waals surface area contributed by atoms with Crippen LogP contribution >= 0.6 is 12.6 Å². The quantitative estimate of drug-likeness (QED) is 0.315. The van der Waals surface area contributed by atoms with Gasteiger partial charge in [0.2, 0.25) is 0 Å². The van der Waals surface area contributed by atoms with E-state index in [0.717, 1.165) is 11.2 Å². The van der Waals surface area contributed by atoms with E-state index >= 15 is 0 Å². The fourth-order valence-electron chi connectivity index (χ4n) is 0.598. The Morgan fingerprint density at radius 2 is 2.20 bits per heavy atom. The maximum absolute atomic E-state index is 10.1. The van der Waals surface area contributed by atoms with Crippen molar-refractivity contribution in [1.82, 2.24) is 0 Å². The molecule has 10 heavy (non-hydrogen) atoms. The molecular formula is C7H7NaOS. The normalized spacial score (nSPS) is 8.10. The molecule has 48 valence electrons. The Kier molecular flexibility index (Phi) is 5.09. The summed E-state index contributed by atoms with van der Waals surface area (Å²) in [6.45, 7) is 0. The number of hydrogen-bond acceptors (Lipinski definition) is 2. The second kappa shape index (κ2) is 4.97. The van der Waals surface area contributed by atoms with Gasteiger partial charge in [-0.3, -0.25) is 4.79 Å². The number of carbonyl (C=O) groups excluding carboxylic acids is 1. The molecule has 0 fully saturated rings. The summed E-state index contributed by atoms with van der Waals surface area (Å²) in [5.41, 5.74) is 0.669. The first kappa shape index (κ1) is 10.2. The summed E-state index contributed by atoms with van der Waals surface area (Å²) >= 11 is 4.05. The van der Waals surface area contributed by atoms with Crippen molar-refractivity contribution in [3.8, 4) is 0 Å². The van der Waals surface area contributed by atoms with Crippen molar-refractivity contribution in [2.24, 2.45) is 0 Å². The Hall–Kier alpha value is 0.240. The minimum absolute atomic E-state index is 0. The largest absolute Gasteiger partial charge is 1.00 e. The summed E-state index contributed by atoms with van der Waals surface area (Å²) in [5.74, 6) is 0. The van der Waals surface area contributed by atoms with Crippen LogP contribution in [0.15, 0.2) is 29.2 Å². The third-order valence-electron chi connectivity index (χ3n) is 1.01. The van der Waals surface area contributed by atoms with Crippen LogP contribution in [0.4, 0.5) is 0 Å². The average Bonchev–Trinajstić information content (AvgIpc) is 1.88. The number of hydrogen-bond donors (Lipinski definition) is 1. The number of thiol groups is 1. The third kappa shape index (κ3) is 2.88. The SMILES string of the molecule is O=Cc1cccc(S)c1.[H-].[Na+]. The molecule has 0 bridgehead atoms. The molecule has 0 aromatic heterocycles. The van der Waals surface area contributed by atoms with Crippen LogP contribution in [-0.4, -0.2) is 6.29 Å². The zero-order chi connectivity index (χ0) is 6.69. The van der Waals surface area contributed by atoms with Gasteiger partial charge in [-0.1, -0.05) is 12.1 Å². The van der Waals surface area contributed by atoms with E-state index in [1.54, 1.807) is 18.2 Å². The van der Waals surface area contributed by atoms with E-state index < -0.39 is 0 Å². The van der Waals surface area contributed by atoms with E-state index in [0.29, 0.717) is 5.56 Å². The summed E-state index contributed by atoms with van der Waals surface area (Å²) in [4.78, 5) is 10.9. The second-order valence-electron chi connectivity index (χ2n) is 1.71. The van der Waals surface area contributed by atoms with Gasteiger partial charge < -0.3 is 1.43 Å². The molecule has 0 heterocycles. The molecule has 0 aliphatic heterocycles. The van der Waals surface area contributed by atoms with Crippen molar-refractivity contribution in [3.63, 3.8) is 0 Å². The smallest absolute Gasteiger partial charge is 1.00 e. The topological polar surface area (TPSA) is 17.1 Å². The molecule has 1 rings (SSSR count). The maximum Gasteiger partial charge on any atom is 1.00 e. The molecule has 0 spiro atoms. The standard InChI is InChI=1S/C7H6OS.Na.H/c8-5-6-2-1-3-7(9)4-6;;/h1-5,9H;;/q;+1;-1. The minimum Gasteiger partial charge on any atom is -1.00 e. The third-order valence-corrected chi connectivity index (χ3v) is 1.28. The monoisotopic (exact) mass is 162 g/mol. The Morgan fingerprint density at radius 3 is 2.60 bits per heavy atom. The van der Waals surface area contributed by atoms with E-state index in [-0.39, 0.29) is 31.0 Å². The van der Waals surface area contributed by atoms with Gasteiger partial charge in [-0.05, 0) is 12.1 Å². The summed E-state index contributed by atoms with van der Waals surface area (Å²) in [6.07, 6.45) is 0.805. The molecule has 0 saturated heterocycles. The van der Waals surface area contributed by atoms with Crippen molar-refractivity contribution < 1.29 is 35.8 Å². The Labute approximate surface area is 89.0 Å². The van der Waals surface area contributed by atoms with Crippen LogP contribution in [0.5, 0.6) is 0 Å². The van der Waals surface area contributed by atoms with E-state index in [9.17, 15) is 4.79 Å². The molecule has 0 aliphatic rings. The molecule has 1 nitrogen and oxygen atoms in total. The van der Waals surface area contributed by atoms with Gasteiger partial charge in [0, 0.05) is 10.5 Å². The predicted molar refractivity (Wildman–Crippen MR) is 40.2 cm³/mol. The molecule has 0 saturated carbocycles. The first-order chi connectivity index (χ1) is 4.33. The summed E-state index contributed by atoms with van der Waals surface area (Å²) in [6, 6.07) is 7.09. The van der Waals surface area contributed by atoms with Crippen LogP contribution in [0.3, 0.4) is 0 Å². The van der Waals surface area contributed by atoms with Gasteiger partial charge in [-0.25, -0.2) is 0 Å². The number of rotatable bonds is 1. The zero-order valence-electron chi connectivity index (χ0n) is 6.74. The Balaban J connectivity index is 0. The van der Waals surface area contributed by atoms with Crippen molar-refractivity contribution in [2.45, 2.75) is 4.90 Å². The molecule has 0 amide bonds. The van der Waals surface area contributed by atoms with Crippen LogP contribution in [0.2, 0.25) is 0 Å². The molecule has 1 aromatic rings. The van der Waals surface area contributed by atoms with Crippen LogP contribution in [0.1, 0.15) is 11.8 Å². The Bertz CT molecular complexity index is 229. The van der Waals surface area contributed by atoms with E-state index in [1.807, 2.05) is 6.07 Å². The molecule has 0 N–H and O–H groups in total. The summed E-state index contributed by atoms with van der Waals surface area (Å²) in [5, 5.41) is 0. The average molecular weight is 162 g/mol. The van der Waals surface area contributed by atoms with Gasteiger partial charge in [-0.2, -0.15) is 0 Å². The van der Waals surface area contributed by atoms with Gasteiger partial charge >= 0.3 is 29.6 Å². The molecule has 0 atom stereocenters. The first-order valence-corrected chi connectivity index (χ1v) is 3.02. The summed E-state index contributed by atoms with van der Waals surface area (Å²) in [7, 11) is 0. The minimum atomic E-state index is 0. The number of aldehydes is 1.